The number of amides is 1. The molecule has 5 rings (SSSR count). The van der Waals surface area contributed by atoms with Crippen LogP contribution in [0.4, 0.5) is 5.69 Å². The average molecular weight is 452 g/mol. The number of carbonyl (C=O) groups excluding carboxylic acids is 1. The summed E-state index contributed by atoms with van der Waals surface area (Å²) in [5, 5.41) is 10.6. The van der Waals surface area contributed by atoms with Crippen molar-refractivity contribution in [3.63, 3.8) is 0 Å². The number of carbonyl (C=O) groups is 1. The van der Waals surface area contributed by atoms with Crippen molar-refractivity contribution in [1.82, 2.24) is 4.98 Å². The number of anilines is 1. The molecule has 2 aliphatic heterocycles. The van der Waals surface area contributed by atoms with Gasteiger partial charge in [-0.1, -0.05) is 40.2 Å². The Balaban J connectivity index is 1.51. The highest BCUT2D eigenvalue weighted by molar-refractivity contribution is 9.10. The quantitative estimate of drug-likeness (QED) is 0.631. The summed E-state index contributed by atoms with van der Waals surface area (Å²) in [6.45, 7) is 3.18. The van der Waals surface area contributed by atoms with Crippen molar-refractivity contribution in [2.45, 2.75) is 0 Å². The molecule has 1 aromatic heterocycles. The molecule has 1 amide bonds. The number of aromatic hydroxyl groups is 1. The van der Waals surface area contributed by atoms with Crippen molar-refractivity contribution in [3.05, 3.63) is 69.7 Å². The lowest BCUT2D eigenvalue weighted by atomic mass is 10.00. The van der Waals surface area contributed by atoms with Crippen molar-refractivity contribution in [3.8, 4) is 17.1 Å². The normalized spacial score (nSPS) is 16.1. The van der Waals surface area contributed by atoms with Crippen LogP contribution in [0.3, 0.4) is 0 Å². The van der Waals surface area contributed by atoms with Crippen molar-refractivity contribution in [2.75, 3.05) is 31.2 Å². The molecular formula is C22H18BrN3O3. The Morgan fingerprint density at radius 2 is 1.62 bits per heavy atom. The molecule has 0 radical (unpaired) electrons. The maximum Gasteiger partial charge on any atom is 0.280 e. The van der Waals surface area contributed by atoms with Crippen LogP contribution >= 0.6 is 15.9 Å². The van der Waals surface area contributed by atoms with Crippen molar-refractivity contribution < 1.29 is 14.6 Å². The van der Waals surface area contributed by atoms with Crippen molar-refractivity contribution in [1.29, 1.82) is 0 Å². The molecule has 1 fully saturated rings. The Morgan fingerprint density at radius 1 is 0.966 bits per heavy atom. The third-order valence-corrected chi connectivity index (χ3v) is 5.82. The standard InChI is InChI=1S/C22H18BrN3O3/c23-15-5-1-13(2-6-15)19-17-18(22(28)24-19)20(25-21(17)27)14-3-7-16(8-4-14)26-9-11-29-12-10-26/h1-8,25,27H,9-12H2. The lowest BCUT2D eigenvalue weighted by molar-refractivity contribution is 0.101. The molecule has 0 saturated carbocycles. The summed E-state index contributed by atoms with van der Waals surface area (Å²) in [6, 6.07) is 15.5. The topological polar surface area (TPSA) is 77.9 Å². The fraction of sp³-hybridized carbons (Fsp3) is 0.182. The molecule has 3 aromatic rings. The Kier molecular flexibility index (Phi) is 4.49. The molecule has 3 heterocycles. The predicted molar refractivity (Wildman–Crippen MR) is 115 cm³/mol. The number of rotatable bonds is 3. The van der Waals surface area contributed by atoms with Crippen LogP contribution in [0.25, 0.3) is 11.3 Å². The number of fused-ring (bicyclic) bond motifs is 1. The summed E-state index contributed by atoms with van der Waals surface area (Å²) in [4.78, 5) is 22.2. The summed E-state index contributed by atoms with van der Waals surface area (Å²) in [5.41, 5.74) is 4.68. The molecule has 1 saturated heterocycles. The van der Waals surface area contributed by atoms with E-state index >= 15 is 0 Å². The monoisotopic (exact) mass is 451 g/mol. The molecule has 146 valence electrons. The number of aromatic amines is 1. The number of aromatic nitrogens is 1. The molecule has 0 spiro atoms. The van der Waals surface area contributed by atoms with Gasteiger partial charge < -0.3 is 19.7 Å². The molecule has 6 nitrogen and oxygen atoms in total. The minimum absolute atomic E-state index is 0.0419. The fourth-order valence-electron chi connectivity index (χ4n) is 3.84. The molecule has 2 N–H and O–H groups in total. The Bertz CT molecular complexity index is 1110. The minimum Gasteiger partial charge on any atom is -0.494 e. The van der Waals surface area contributed by atoms with Gasteiger partial charge in [-0.25, -0.2) is 4.99 Å². The third-order valence-electron chi connectivity index (χ3n) is 5.29. The maximum absolute atomic E-state index is 12.7. The Labute approximate surface area is 176 Å². The number of ether oxygens (including phenoxy) is 1. The molecular weight excluding hydrogens is 434 g/mol. The van der Waals surface area contributed by atoms with E-state index in [4.69, 9.17) is 4.74 Å². The molecule has 7 heteroatoms. The summed E-state index contributed by atoms with van der Waals surface area (Å²) in [7, 11) is 0. The number of halogens is 1. The largest absolute Gasteiger partial charge is 0.494 e. The second-order valence-electron chi connectivity index (χ2n) is 7.02. The fourth-order valence-corrected chi connectivity index (χ4v) is 4.10. The van der Waals surface area contributed by atoms with Gasteiger partial charge in [0.15, 0.2) is 5.88 Å². The molecule has 0 atom stereocenters. The Hall–Kier alpha value is -2.90. The molecule has 29 heavy (non-hydrogen) atoms. The second-order valence-corrected chi connectivity index (χ2v) is 7.93. The SMILES string of the molecule is O=C1N=C(c2ccc(Br)cc2)c2c(O)[nH]c(-c3ccc(N4CCOCC4)cc3)c21. The summed E-state index contributed by atoms with van der Waals surface area (Å²) < 4.78 is 6.34. The van der Waals surface area contributed by atoms with E-state index in [1.807, 2.05) is 48.5 Å². The van der Waals surface area contributed by atoms with E-state index in [0.29, 0.717) is 22.5 Å². The molecule has 0 aliphatic carbocycles. The van der Waals surface area contributed by atoms with Crippen LogP contribution in [0.1, 0.15) is 21.5 Å². The van der Waals surface area contributed by atoms with Crippen LogP contribution in [-0.4, -0.2) is 48.0 Å². The van der Waals surface area contributed by atoms with Crippen molar-refractivity contribution >= 4 is 33.2 Å². The molecule has 2 aromatic carbocycles. The zero-order valence-corrected chi connectivity index (χ0v) is 17.1. The number of hydrogen-bond acceptors (Lipinski definition) is 4. The van der Waals surface area contributed by atoms with Gasteiger partial charge in [-0.05, 0) is 29.8 Å². The Morgan fingerprint density at radius 3 is 2.31 bits per heavy atom. The van der Waals surface area contributed by atoms with Gasteiger partial charge in [-0.3, -0.25) is 4.79 Å². The van der Waals surface area contributed by atoms with Gasteiger partial charge in [0.25, 0.3) is 5.91 Å². The lowest BCUT2D eigenvalue weighted by Gasteiger charge is -2.28. The minimum atomic E-state index is -0.346. The first kappa shape index (κ1) is 18.1. The van der Waals surface area contributed by atoms with Crippen LogP contribution in [0.2, 0.25) is 0 Å². The van der Waals surface area contributed by atoms with E-state index in [-0.39, 0.29) is 11.8 Å². The van der Waals surface area contributed by atoms with Gasteiger partial charge in [0.2, 0.25) is 0 Å². The summed E-state index contributed by atoms with van der Waals surface area (Å²) >= 11 is 3.41. The summed E-state index contributed by atoms with van der Waals surface area (Å²) in [5.74, 6) is -0.388. The zero-order valence-electron chi connectivity index (χ0n) is 15.5. The van der Waals surface area contributed by atoms with Crippen LogP contribution in [0.15, 0.2) is 58.0 Å². The number of morpholine rings is 1. The van der Waals surface area contributed by atoms with Gasteiger partial charge in [-0.2, -0.15) is 0 Å². The number of H-pyrrole nitrogens is 1. The van der Waals surface area contributed by atoms with E-state index in [2.05, 4.69) is 30.8 Å². The number of nitrogens with zero attached hydrogens (tertiary/aromatic N) is 2. The zero-order chi connectivity index (χ0) is 20.0. The first-order valence-corrected chi connectivity index (χ1v) is 10.2. The van der Waals surface area contributed by atoms with Gasteiger partial charge in [-0.15, -0.1) is 0 Å². The van der Waals surface area contributed by atoms with E-state index in [0.717, 1.165) is 47.6 Å². The number of aliphatic imine (C=N–C) groups is 1. The van der Waals surface area contributed by atoms with E-state index < -0.39 is 0 Å². The molecule has 2 aliphatic rings. The summed E-state index contributed by atoms with van der Waals surface area (Å²) in [6.07, 6.45) is 0. The first-order chi connectivity index (χ1) is 14.1. The first-order valence-electron chi connectivity index (χ1n) is 9.39. The van der Waals surface area contributed by atoms with E-state index in [9.17, 15) is 9.90 Å². The molecule has 0 unspecified atom stereocenters. The van der Waals surface area contributed by atoms with Crippen LogP contribution < -0.4 is 4.90 Å². The van der Waals surface area contributed by atoms with E-state index in [1.165, 1.54) is 0 Å². The highest BCUT2D eigenvalue weighted by Crippen LogP contribution is 2.38. The highest BCUT2D eigenvalue weighted by Gasteiger charge is 2.33. The average Bonchev–Trinajstić information content (AvgIpc) is 3.28. The van der Waals surface area contributed by atoms with Gasteiger partial charge >= 0.3 is 0 Å². The van der Waals surface area contributed by atoms with Crippen LogP contribution in [-0.2, 0) is 4.74 Å². The van der Waals surface area contributed by atoms with Crippen LogP contribution in [0.5, 0.6) is 5.88 Å². The second kappa shape index (κ2) is 7.17. The number of nitrogens with one attached hydrogen (secondary N) is 1. The van der Waals surface area contributed by atoms with Gasteiger partial charge in [0.1, 0.15) is 0 Å². The smallest absolute Gasteiger partial charge is 0.280 e. The molecule has 0 bridgehead atoms. The predicted octanol–water partition coefficient (Wildman–Crippen LogP) is 3.98. The highest BCUT2D eigenvalue weighted by atomic mass is 79.9. The number of benzene rings is 2. The van der Waals surface area contributed by atoms with Gasteiger partial charge in [0.05, 0.1) is 35.7 Å². The maximum atomic E-state index is 12.7. The lowest BCUT2D eigenvalue weighted by Crippen LogP contribution is -2.36. The van der Waals surface area contributed by atoms with E-state index in [1.54, 1.807) is 0 Å². The number of hydrogen-bond donors (Lipinski definition) is 2. The van der Waals surface area contributed by atoms with Crippen LogP contribution in [0, 0.1) is 0 Å². The third kappa shape index (κ3) is 3.16. The van der Waals surface area contributed by atoms with Crippen molar-refractivity contribution in [2.24, 2.45) is 4.99 Å². The van der Waals surface area contributed by atoms with Gasteiger partial charge in [0, 0.05) is 28.8 Å².